The van der Waals surface area contributed by atoms with E-state index in [1.165, 1.54) is 20.4 Å². The minimum Gasteiger partial charge on any atom is -0.493 e. The first kappa shape index (κ1) is 19.0. The van der Waals surface area contributed by atoms with Crippen LogP contribution in [0.2, 0.25) is 0 Å². The summed E-state index contributed by atoms with van der Waals surface area (Å²) in [6, 6.07) is 14.3. The molecular weight excluding hydrogens is 334 g/mol. The van der Waals surface area contributed by atoms with Crippen LogP contribution in [0.25, 0.3) is 0 Å². The highest BCUT2D eigenvalue weighted by Gasteiger charge is 2.16. The third-order valence-corrected chi connectivity index (χ3v) is 3.66. The lowest BCUT2D eigenvalue weighted by Gasteiger charge is -2.13. The van der Waals surface area contributed by atoms with Gasteiger partial charge in [0.05, 0.1) is 26.5 Å². The Labute approximate surface area is 152 Å². The second-order valence-corrected chi connectivity index (χ2v) is 5.39. The Morgan fingerprint density at radius 1 is 1.00 bits per heavy atom. The van der Waals surface area contributed by atoms with Crippen LogP contribution < -0.4 is 20.2 Å². The predicted octanol–water partition coefficient (Wildman–Crippen LogP) is 2.03. The number of hydrazone groups is 1. The summed E-state index contributed by atoms with van der Waals surface area (Å²) in [5.41, 5.74) is 3.70. The van der Waals surface area contributed by atoms with E-state index in [-0.39, 0.29) is 6.04 Å². The van der Waals surface area contributed by atoms with E-state index < -0.39 is 11.8 Å². The lowest BCUT2D eigenvalue weighted by atomic mass is 10.1. The Hall–Kier alpha value is -3.35. The van der Waals surface area contributed by atoms with Crippen LogP contribution in [0.4, 0.5) is 0 Å². The molecule has 0 radical (unpaired) electrons. The van der Waals surface area contributed by atoms with Crippen LogP contribution >= 0.6 is 0 Å². The molecule has 0 saturated carbocycles. The third kappa shape index (κ3) is 4.83. The molecule has 2 rings (SSSR count). The molecule has 0 fully saturated rings. The van der Waals surface area contributed by atoms with Gasteiger partial charge in [0.25, 0.3) is 0 Å². The van der Waals surface area contributed by atoms with Crippen LogP contribution in [-0.4, -0.2) is 32.2 Å². The van der Waals surface area contributed by atoms with Crippen LogP contribution in [0.1, 0.15) is 24.1 Å². The van der Waals surface area contributed by atoms with E-state index in [4.69, 9.17) is 9.47 Å². The van der Waals surface area contributed by atoms with Gasteiger partial charge >= 0.3 is 11.8 Å². The minimum atomic E-state index is -0.856. The predicted molar refractivity (Wildman–Crippen MR) is 98.3 cm³/mol. The zero-order valence-electron chi connectivity index (χ0n) is 14.9. The largest absolute Gasteiger partial charge is 0.493 e. The molecule has 0 spiro atoms. The molecule has 1 atom stereocenters. The number of carbonyl (C=O) groups excluding carboxylic acids is 2. The van der Waals surface area contributed by atoms with Gasteiger partial charge in [-0.3, -0.25) is 9.59 Å². The van der Waals surface area contributed by atoms with Crippen LogP contribution in [0, 0.1) is 0 Å². The molecule has 26 heavy (non-hydrogen) atoms. The molecule has 0 aliphatic carbocycles. The van der Waals surface area contributed by atoms with Crippen molar-refractivity contribution < 1.29 is 19.1 Å². The average Bonchev–Trinajstić information content (AvgIpc) is 2.68. The fourth-order valence-corrected chi connectivity index (χ4v) is 2.31. The number of nitrogens with one attached hydrogen (secondary N) is 2. The molecule has 1 unspecified atom stereocenters. The van der Waals surface area contributed by atoms with Crippen LogP contribution in [0.15, 0.2) is 53.6 Å². The summed E-state index contributed by atoms with van der Waals surface area (Å²) in [5, 5.41) is 6.42. The molecule has 0 aliphatic rings. The first-order valence-electron chi connectivity index (χ1n) is 7.96. The summed E-state index contributed by atoms with van der Waals surface area (Å²) in [6.07, 6.45) is 1.38. The molecule has 136 valence electrons. The van der Waals surface area contributed by atoms with Gasteiger partial charge in [0.1, 0.15) is 0 Å². The van der Waals surface area contributed by atoms with Crippen LogP contribution in [-0.2, 0) is 9.59 Å². The second-order valence-electron chi connectivity index (χ2n) is 5.39. The van der Waals surface area contributed by atoms with E-state index >= 15 is 0 Å². The number of para-hydroxylation sites is 1. The Balaban J connectivity index is 1.96. The molecular formula is C19H21N3O4. The van der Waals surface area contributed by atoms with Gasteiger partial charge in [-0.05, 0) is 24.6 Å². The maximum atomic E-state index is 12.0. The Morgan fingerprint density at radius 2 is 1.73 bits per heavy atom. The number of amides is 2. The van der Waals surface area contributed by atoms with E-state index in [9.17, 15) is 9.59 Å². The average molecular weight is 355 g/mol. The van der Waals surface area contributed by atoms with E-state index in [1.54, 1.807) is 25.1 Å². The van der Waals surface area contributed by atoms with Crippen molar-refractivity contribution >= 4 is 18.0 Å². The summed E-state index contributed by atoms with van der Waals surface area (Å²) in [4.78, 5) is 23.8. The number of benzene rings is 2. The molecule has 0 saturated heterocycles. The SMILES string of the molecule is COc1cccc(C=NNC(=O)C(=O)NC(C)c2ccccc2)c1OC. The Kier molecular flexibility index (Phi) is 6.73. The van der Waals surface area contributed by atoms with Gasteiger partial charge in [0.15, 0.2) is 11.5 Å². The van der Waals surface area contributed by atoms with Gasteiger partial charge in [0, 0.05) is 5.56 Å². The van der Waals surface area contributed by atoms with Crippen molar-refractivity contribution in [2.24, 2.45) is 5.10 Å². The van der Waals surface area contributed by atoms with E-state index in [0.717, 1.165) is 5.56 Å². The maximum absolute atomic E-state index is 12.0. The number of rotatable bonds is 6. The van der Waals surface area contributed by atoms with Crippen molar-refractivity contribution in [2.45, 2.75) is 13.0 Å². The summed E-state index contributed by atoms with van der Waals surface area (Å²) >= 11 is 0. The smallest absolute Gasteiger partial charge is 0.329 e. The molecule has 0 heterocycles. The zero-order chi connectivity index (χ0) is 18.9. The molecule has 0 aromatic heterocycles. The molecule has 2 amide bonds. The third-order valence-electron chi connectivity index (χ3n) is 3.66. The zero-order valence-corrected chi connectivity index (χ0v) is 14.9. The van der Waals surface area contributed by atoms with E-state index in [0.29, 0.717) is 17.1 Å². The van der Waals surface area contributed by atoms with Crippen LogP contribution in [0.3, 0.4) is 0 Å². The second kappa shape index (κ2) is 9.22. The summed E-state index contributed by atoms with van der Waals surface area (Å²) in [7, 11) is 3.03. The summed E-state index contributed by atoms with van der Waals surface area (Å²) < 4.78 is 10.5. The minimum absolute atomic E-state index is 0.295. The van der Waals surface area contributed by atoms with Crippen molar-refractivity contribution in [1.82, 2.24) is 10.7 Å². The van der Waals surface area contributed by atoms with Gasteiger partial charge in [0.2, 0.25) is 0 Å². The molecule has 2 aromatic rings. The normalized spacial score (nSPS) is 11.7. The van der Waals surface area contributed by atoms with Crippen molar-refractivity contribution in [3.05, 3.63) is 59.7 Å². The standard InChI is InChI=1S/C19H21N3O4/c1-13(14-8-5-4-6-9-14)21-18(23)19(24)22-20-12-15-10-7-11-16(25-2)17(15)26-3/h4-13H,1-3H3,(H,21,23)(H,22,24). The van der Waals surface area contributed by atoms with Gasteiger partial charge in [-0.1, -0.05) is 36.4 Å². The molecule has 0 bridgehead atoms. The highest BCUT2D eigenvalue weighted by Crippen LogP contribution is 2.29. The highest BCUT2D eigenvalue weighted by atomic mass is 16.5. The number of carbonyl (C=O) groups is 2. The molecule has 0 aliphatic heterocycles. The van der Waals surface area contributed by atoms with Gasteiger partial charge in [-0.15, -0.1) is 0 Å². The number of hydrogen-bond acceptors (Lipinski definition) is 5. The number of nitrogens with zero attached hydrogens (tertiary/aromatic N) is 1. The summed E-state index contributed by atoms with van der Waals surface area (Å²) in [5.74, 6) is -0.602. The monoisotopic (exact) mass is 355 g/mol. The molecule has 7 heteroatoms. The lowest BCUT2D eigenvalue weighted by molar-refractivity contribution is -0.139. The van der Waals surface area contributed by atoms with Gasteiger partial charge in [-0.2, -0.15) is 5.10 Å². The number of hydrogen-bond donors (Lipinski definition) is 2. The molecule has 2 N–H and O–H groups in total. The van der Waals surface area contributed by atoms with Crippen LogP contribution in [0.5, 0.6) is 11.5 Å². The Bertz CT molecular complexity index is 791. The van der Waals surface area contributed by atoms with Crippen molar-refractivity contribution in [3.8, 4) is 11.5 Å². The maximum Gasteiger partial charge on any atom is 0.329 e. The fraction of sp³-hybridized carbons (Fsp3) is 0.211. The van der Waals surface area contributed by atoms with Gasteiger partial charge < -0.3 is 14.8 Å². The lowest BCUT2D eigenvalue weighted by Crippen LogP contribution is -2.39. The Morgan fingerprint density at radius 3 is 2.38 bits per heavy atom. The number of methoxy groups -OCH3 is 2. The highest BCUT2D eigenvalue weighted by molar-refractivity contribution is 6.35. The van der Waals surface area contributed by atoms with Crippen molar-refractivity contribution in [3.63, 3.8) is 0 Å². The topological polar surface area (TPSA) is 89.0 Å². The first-order chi connectivity index (χ1) is 12.6. The van der Waals surface area contributed by atoms with E-state index in [1.807, 2.05) is 30.3 Å². The van der Waals surface area contributed by atoms with Gasteiger partial charge in [-0.25, -0.2) is 5.43 Å². The number of ether oxygens (including phenoxy) is 2. The van der Waals surface area contributed by atoms with Crippen molar-refractivity contribution in [2.75, 3.05) is 14.2 Å². The first-order valence-corrected chi connectivity index (χ1v) is 7.96. The quantitative estimate of drug-likeness (QED) is 0.471. The molecule has 7 nitrogen and oxygen atoms in total. The van der Waals surface area contributed by atoms with E-state index in [2.05, 4.69) is 15.8 Å². The van der Waals surface area contributed by atoms with Crippen molar-refractivity contribution in [1.29, 1.82) is 0 Å². The fourth-order valence-electron chi connectivity index (χ4n) is 2.31. The summed E-state index contributed by atoms with van der Waals surface area (Å²) in [6.45, 7) is 1.80. The molecule has 2 aromatic carbocycles.